The van der Waals surface area contributed by atoms with Gasteiger partial charge >= 0.3 is 0 Å². The molecule has 1 aliphatic carbocycles. The Bertz CT molecular complexity index is 665. The zero-order chi connectivity index (χ0) is 14.8. The third kappa shape index (κ3) is 2.74. The second-order valence-corrected chi connectivity index (χ2v) is 6.10. The van der Waals surface area contributed by atoms with Crippen LogP contribution >= 0.6 is 11.3 Å². The predicted octanol–water partition coefficient (Wildman–Crippen LogP) is 3.27. The fourth-order valence-corrected chi connectivity index (χ4v) is 3.69. The molecule has 1 amide bonds. The molecular weight excluding hydrogens is 286 g/mol. The van der Waals surface area contributed by atoms with Gasteiger partial charge in [0.15, 0.2) is 0 Å². The molecular formula is C16H17NO3S. The largest absolute Gasteiger partial charge is 0.507 e. The molecule has 0 bridgehead atoms. The number of fused-ring (bicyclic) bond motifs is 1. The average Bonchev–Trinajstić information content (AvgIpc) is 2.96. The zero-order valence-corrected chi connectivity index (χ0v) is 12.6. The highest BCUT2D eigenvalue weighted by Gasteiger charge is 2.24. The van der Waals surface area contributed by atoms with Crippen LogP contribution in [0.5, 0.6) is 11.5 Å². The van der Waals surface area contributed by atoms with Crippen molar-refractivity contribution in [3.63, 3.8) is 0 Å². The summed E-state index contributed by atoms with van der Waals surface area (Å²) in [6, 6.07) is 6.82. The van der Waals surface area contributed by atoms with E-state index in [9.17, 15) is 9.90 Å². The lowest BCUT2D eigenvalue weighted by atomic mass is 9.94. The molecule has 0 spiro atoms. The van der Waals surface area contributed by atoms with E-state index in [0.717, 1.165) is 19.3 Å². The number of hydrogen-bond donors (Lipinski definition) is 2. The van der Waals surface area contributed by atoms with E-state index < -0.39 is 0 Å². The minimum absolute atomic E-state index is 0.0361. The Morgan fingerprint density at radius 2 is 2.29 bits per heavy atom. The van der Waals surface area contributed by atoms with E-state index in [1.165, 1.54) is 23.6 Å². The number of thiophene rings is 1. The molecule has 0 saturated heterocycles. The van der Waals surface area contributed by atoms with Gasteiger partial charge in [-0.2, -0.15) is 0 Å². The summed E-state index contributed by atoms with van der Waals surface area (Å²) >= 11 is 1.74. The molecule has 0 radical (unpaired) electrons. The van der Waals surface area contributed by atoms with Crippen LogP contribution in [0.25, 0.3) is 0 Å². The maximum atomic E-state index is 12.4. The monoisotopic (exact) mass is 303 g/mol. The third-order valence-electron chi connectivity index (χ3n) is 3.81. The minimum atomic E-state index is -0.251. The summed E-state index contributed by atoms with van der Waals surface area (Å²) in [5.41, 5.74) is 1.49. The average molecular weight is 303 g/mol. The normalized spacial score (nSPS) is 17.1. The fraction of sp³-hybridized carbons (Fsp3) is 0.312. The van der Waals surface area contributed by atoms with Gasteiger partial charge in [-0.25, -0.2) is 0 Å². The lowest BCUT2D eigenvalue weighted by Crippen LogP contribution is -2.30. The number of carbonyl (C=O) groups excluding carboxylic acids is 1. The summed E-state index contributed by atoms with van der Waals surface area (Å²) in [6.45, 7) is 0. The lowest BCUT2D eigenvalue weighted by molar-refractivity contribution is 0.0930. The van der Waals surface area contributed by atoms with Gasteiger partial charge in [-0.05, 0) is 48.4 Å². The highest BCUT2D eigenvalue weighted by molar-refractivity contribution is 7.10. The van der Waals surface area contributed by atoms with E-state index in [2.05, 4.69) is 16.8 Å². The van der Waals surface area contributed by atoms with E-state index >= 15 is 0 Å². The quantitative estimate of drug-likeness (QED) is 0.915. The molecule has 1 aliphatic rings. The van der Waals surface area contributed by atoms with Crippen LogP contribution in [0.1, 0.15) is 39.7 Å². The van der Waals surface area contributed by atoms with Crippen LogP contribution in [0.3, 0.4) is 0 Å². The second kappa shape index (κ2) is 5.77. The molecule has 0 aliphatic heterocycles. The second-order valence-electron chi connectivity index (χ2n) is 5.10. The Labute approximate surface area is 127 Å². The minimum Gasteiger partial charge on any atom is -0.507 e. The molecule has 3 rings (SSSR count). The number of ether oxygens (including phenoxy) is 1. The predicted molar refractivity (Wildman–Crippen MR) is 82.1 cm³/mol. The Kier molecular flexibility index (Phi) is 3.84. The van der Waals surface area contributed by atoms with Crippen molar-refractivity contribution < 1.29 is 14.6 Å². The van der Waals surface area contributed by atoms with Crippen LogP contribution in [0.2, 0.25) is 0 Å². The van der Waals surface area contributed by atoms with Gasteiger partial charge in [0.2, 0.25) is 0 Å². The number of aromatic hydroxyl groups is 1. The molecule has 2 aromatic rings. The molecule has 1 aromatic carbocycles. The molecule has 1 atom stereocenters. The van der Waals surface area contributed by atoms with Gasteiger partial charge in [0.05, 0.1) is 18.7 Å². The number of phenolic OH excluding ortho intramolecular Hbond substituents is 1. The van der Waals surface area contributed by atoms with Crippen molar-refractivity contribution in [3.8, 4) is 11.5 Å². The molecule has 4 nitrogen and oxygen atoms in total. The van der Waals surface area contributed by atoms with Crippen molar-refractivity contribution in [3.05, 3.63) is 45.6 Å². The maximum Gasteiger partial charge on any atom is 0.255 e. The van der Waals surface area contributed by atoms with Crippen LogP contribution in [-0.2, 0) is 6.42 Å². The van der Waals surface area contributed by atoms with Crippen molar-refractivity contribution in [2.24, 2.45) is 0 Å². The molecule has 1 aromatic heterocycles. The first-order chi connectivity index (χ1) is 10.2. The fourth-order valence-electron chi connectivity index (χ4n) is 2.70. The number of amides is 1. The first kappa shape index (κ1) is 13.9. The molecule has 110 valence electrons. The van der Waals surface area contributed by atoms with E-state index in [1.807, 2.05) is 0 Å². The van der Waals surface area contributed by atoms with Gasteiger partial charge in [-0.1, -0.05) is 0 Å². The summed E-state index contributed by atoms with van der Waals surface area (Å²) in [6.07, 6.45) is 3.10. The number of methoxy groups -OCH3 is 1. The summed E-state index contributed by atoms with van der Waals surface area (Å²) < 4.78 is 5.03. The molecule has 2 N–H and O–H groups in total. The molecule has 5 heteroatoms. The van der Waals surface area contributed by atoms with E-state index in [4.69, 9.17) is 4.74 Å². The molecule has 0 fully saturated rings. The van der Waals surface area contributed by atoms with E-state index in [0.29, 0.717) is 5.75 Å². The highest BCUT2D eigenvalue weighted by atomic mass is 32.1. The van der Waals surface area contributed by atoms with Crippen molar-refractivity contribution in [1.29, 1.82) is 0 Å². The number of rotatable bonds is 3. The van der Waals surface area contributed by atoms with Gasteiger partial charge in [0, 0.05) is 10.9 Å². The van der Waals surface area contributed by atoms with Crippen molar-refractivity contribution in [2.45, 2.75) is 25.3 Å². The summed E-state index contributed by atoms with van der Waals surface area (Å²) in [5, 5.41) is 15.0. The van der Waals surface area contributed by atoms with Gasteiger partial charge in [0.1, 0.15) is 11.5 Å². The number of nitrogens with one attached hydrogen (secondary N) is 1. The first-order valence-electron chi connectivity index (χ1n) is 6.93. The topological polar surface area (TPSA) is 58.6 Å². The lowest BCUT2D eigenvalue weighted by Gasteiger charge is -2.24. The Morgan fingerprint density at radius 1 is 1.43 bits per heavy atom. The maximum absolute atomic E-state index is 12.4. The summed E-state index contributed by atoms with van der Waals surface area (Å²) in [4.78, 5) is 13.7. The van der Waals surface area contributed by atoms with Crippen molar-refractivity contribution in [1.82, 2.24) is 5.32 Å². The third-order valence-corrected chi connectivity index (χ3v) is 4.80. The molecule has 0 saturated carbocycles. The first-order valence-corrected chi connectivity index (χ1v) is 7.81. The van der Waals surface area contributed by atoms with Crippen molar-refractivity contribution >= 4 is 17.2 Å². The highest BCUT2D eigenvalue weighted by Crippen LogP contribution is 2.34. The Morgan fingerprint density at radius 3 is 3.05 bits per heavy atom. The number of phenols is 1. The molecule has 21 heavy (non-hydrogen) atoms. The van der Waals surface area contributed by atoms with Crippen LogP contribution in [0, 0.1) is 0 Å². The molecule has 1 heterocycles. The van der Waals surface area contributed by atoms with Gasteiger partial charge < -0.3 is 15.2 Å². The zero-order valence-electron chi connectivity index (χ0n) is 11.8. The SMILES string of the molecule is COc1ccc(C(=O)NC2CCCc3sccc32)c(O)c1. The summed E-state index contributed by atoms with van der Waals surface area (Å²) in [7, 11) is 1.52. The number of benzene rings is 1. The van der Waals surface area contributed by atoms with Crippen LogP contribution < -0.4 is 10.1 Å². The van der Waals surface area contributed by atoms with Crippen molar-refractivity contribution in [2.75, 3.05) is 7.11 Å². The molecule has 1 unspecified atom stereocenters. The number of hydrogen-bond acceptors (Lipinski definition) is 4. The number of carbonyl (C=O) groups is 1. The Hall–Kier alpha value is -2.01. The smallest absolute Gasteiger partial charge is 0.255 e. The van der Waals surface area contributed by atoms with E-state index in [-0.39, 0.29) is 23.3 Å². The van der Waals surface area contributed by atoms with Crippen LogP contribution in [-0.4, -0.2) is 18.1 Å². The summed E-state index contributed by atoms with van der Waals surface area (Å²) in [5.74, 6) is 0.217. The Balaban J connectivity index is 1.79. The van der Waals surface area contributed by atoms with Gasteiger partial charge in [-0.3, -0.25) is 4.79 Å². The van der Waals surface area contributed by atoms with E-state index in [1.54, 1.807) is 23.5 Å². The van der Waals surface area contributed by atoms with Crippen LogP contribution in [0.4, 0.5) is 0 Å². The van der Waals surface area contributed by atoms with Crippen LogP contribution in [0.15, 0.2) is 29.6 Å². The van der Waals surface area contributed by atoms with Gasteiger partial charge in [0.25, 0.3) is 5.91 Å². The number of aryl methyl sites for hydroxylation is 1. The standard InChI is InChI=1S/C16H17NO3S/c1-20-10-5-6-12(14(18)9-10)16(19)17-13-3-2-4-15-11(13)7-8-21-15/h5-9,13,18H,2-4H2,1H3,(H,17,19). The van der Waals surface area contributed by atoms with Gasteiger partial charge in [-0.15, -0.1) is 11.3 Å².